The van der Waals surface area contributed by atoms with Crippen molar-refractivity contribution in [3.05, 3.63) is 83.0 Å². The van der Waals surface area contributed by atoms with Crippen molar-refractivity contribution in [2.24, 2.45) is 0 Å². The highest BCUT2D eigenvalue weighted by Crippen LogP contribution is 2.33. The summed E-state index contributed by atoms with van der Waals surface area (Å²) in [7, 11) is 0. The van der Waals surface area contributed by atoms with Gasteiger partial charge in [0.1, 0.15) is 5.82 Å². The first kappa shape index (κ1) is 16.6. The Morgan fingerprint density at radius 2 is 1.88 bits per heavy atom. The third kappa shape index (κ3) is 3.55. The first-order valence-corrected chi connectivity index (χ1v) is 8.93. The summed E-state index contributed by atoms with van der Waals surface area (Å²) in [5.74, 6) is 0.458. The topological polar surface area (TPSA) is 45.2 Å². The van der Waals surface area contributed by atoms with Gasteiger partial charge in [-0.25, -0.2) is 4.98 Å². The normalized spacial score (nSPS) is 12.7. The Kier molecular flexibility index (Phi) is 4.59. The second-order valence-corrected chi connectivity index (χ2v) is 6.72. The maximum Gasteiger partial charge on any atom is 0.229 e. The SMILES string of the molecule is O=C(Cc1ccc(Cl)cc1)Nc1ccc(N2CCc3ccccc32)cn1. The molecule has 0 unspecified atom stereocenters. The predicted octanol–water partition coefficient (Wildman–Crippen LogP) is 4.61. The van der Waals surface area contributed by atoms with Crippen LogP contribution in [0.15, 0.2) is 66.9 Å². The zero-order chi connectivity index (χ0) is 17.9. The molecule has 1 aliphatic rings. The molecule has 1 N–H and O–H groups in total. The number of hydrogen-bond donors (Lipinski definition) is 1. The number of nitrogens with one attached hydrogen (secondary N) is 1. The number of para-hydroxylation sites is 1. The molecule has 4 nitrogen and oxygen atoms in total. The fraction of sp³-hybridized carbons (Fsp3) is 0.143. The van der Waals surface area contributed by atoms with Crippen LogP contribution >= 0.6 is 11.6 Å². The Hall–Kier alpha value is -2.85. The third-order valence-corrected chi connectivity index (χ3v) is 4.74. The van der Waals surface area contributed by atoms with Gasteiger partial charge in [0.2, 0.25) is 5.91 Å². The molecule has 2 aromatic carbocycles. The third-order valence-electron chi connectivity index (χ3n) is 4.49. The molecule has 1 amide bonds. The largest absolute Gasteiger partial charge is 0.340 e. The minimum absolute atomic E-state index is 0.0981. The molecule has 3 aromatic rings. The highest BCUT2D eigenvalue weighted by Gasteiger charge is 2.19. The fourth-order valence-corrected chi connectivity index (χ4v) is 3.33. The number of benzene rings is 2. The van der Waals surface area contributed by atoms with Crippen LogP contribution in [0.5, 0.6) is 0 Å². The number of aromatic nitrogens is 1. The van der Waals surface area contributed by atoms with Gasteiger partial charge in [-0.15, -0.1) is 0 Å². The van der Waals surface area contributed by atoms with E-state index < -0.39 is 0 Å². The van der Waals surface area contributed by atoms with Crippen molar-refractivity contribution < 1.29 is 4.79 Å². The molecular weight excluding hydrogens is 346 g/mol. The Balaban J connectivity index is 1.42. The number of anilines is 3. The average Bonchev–Trinajstić information content (AvgIpc) is 3.08. The zero-order valence-electron chi connectivity index (χ0n) is 14.2. The first-order chi connectivity index (χ1) is 12.7. The summed E-state index contributed by atoms with van der Waals surface area (Å²) in [6, 6.07) is 19.5. The number of pyridine rings is 1. The lowest BCUT2D eigenvalue weighted by Gasteiger charge is -2.19. The number of halogens is 1. The number of rotatable bonds is 4. The lowest BCUT2D eigenvalue weighted by Crippen LogP contribution is -2.16. The number of carbonyl (C=O) groups excluding carboxylic acids is 1. The monoisotopic (exact) mass is 363 g/mol. The molecule has 1 aliphatic heterocycles. The van der Waals surface area contributed by atoms with Gasteiger partial charge in [0.15, 0.2) is 0 Å². The van der Waals surface area contributed by atoms with E-state index in [2.05, 4.69) is 39.5 Å². The quantitative estimate of drug-likeness (QED) is 0.736. The molecule has 0 saturated heterocycles. The smallest absolute Gasteiger partial charge is 0.229 e. The van der Waals surface area contributed by atoms with Crippen molar-refractivity contribution in [1.82, 2.24) is 4.98 Å². The number of carbonyl (C=O) groups is 1. The van der Waals surface area contributed by atoms with Gasteiger partial charge < -0.3 is 10.2 Å². The molecule has 0 fully saturated rings. The van der Waals surface area contributed by atoms with E-state index in [0.29, 0.717) is 17.3 Å². The van der Waals surface area contributed by atoms with E-state index in [4.69, 9.17) is 11.6 Å². The summed E-state index contributed by atoms with van der Waals surface area (Å²) in [6.45, 7) is 0.948. The Morgan fingerprint density at radius 3 is 2.65 bits per heavy atom. The number of fused-ring (bicyclic) bond motifs is 1. The summed E-state index contributed by atoms with van der Waals surface area (Å²) in [4.78, 5) is 18.8. The molecule has 0 bridgehead atoms. The van der Waals surface area contributed by atoms with E-state index >= 15 is 0 Å². The van der Waals surface area contributed by atoms with E-state index in [9.17, 15) is 4.79 Å². The van der Waals surface area contributed by atoms with Crippen LogP contribution in [0.1, 0.15) is 11.1 Å². The van der Waals surface area contributed by atoms with Crippen LogP contribution in [0.3, 0.4) is 0 Å². The first-order valence-electron chi connectivity index (χ1n) is 8.55. The Labute approximate surface area is 157 Å². The fourth-order valence-electron chi connectivity index (χ4n) is 3.20. The van der Waals surface area contributed by atoms with Gasteiger partial charge in [0.25, 0.3) is 0 Å². The summed E-state index contributed by atoms with van der Waals surface area (Å²) in [5, 5.41) is 3.50. The zero-order valence-corrected chi connectivity index (χ0v) is 14.9. The van der Waals surface area contributed by atoms with Crippen LogP contribution in [0, 0.1) is 0 Å². The van der Waals surface area contributed by atoms with E-state index in [-0.39, 0.29) is 5.91 Å². The van der Waals surface area contributed by atoms with Crippen molar-refractivity contribution in [2.75, 3.05) is 16.8 Å². The molecule has 5 heteroatoms. The lowest BCUT2D eigenvalue weighted by atomic mass is 10.1. The van der Waals surface area contributed by atoms with Gasteiger partial charge in [0, 0.05) is 17.3 Å². The number of amides is 1. The summed E-state index contributed by atoms with van der Waals surface area (Å²) in [5.41, 5.74) is 4.53. The van der Waals surface area contributed by atoms with E-state index in [0.717, 1.165) is 24.2 Å². The molecule has 2 heterocycles. The number of hydrogen-bond acceptors (Lipinski definition) is 3. The van der Waals surface area contributed by atoms with Crippen LogP contribution in [0.25, 0.3) is 0 Å². The van der Waals surface area contributed by atoms with Crippen molar-refractivity contribution in [3.63, 3.8) is 0 Å². The predicted molar refractivity (Wildman–Crippen MR) is 105 cm³/mol. The van der Waals surface area contributed by atoms with E-state index in [1.54, 1.807) is 18.3 Å². The molecule has 130 valence electrons. The molecular formula is C21H18ClN3O. The van der Waals surface area contributed by atoms with Gasteiger partial charge in [-0.3, -0.25) is 4.79 Å². The molecule has 1 aromatic heterocycles. The van der Waals surface area contributed by atoms with Crippen molar-refractivity contribution in [3.8, 4) is 0 Å². The summed E-state index contributed by atoms with van der Waals surface area (Å²) < 4.78 is 0. The highest BCUT2D eigenvalue weighted by atomic mass is 35.5. The van der Waals surface area contributed by atoms with Gasteiger partial charge in [-0.2, -0.15) is 0 Å². The van der Waals surface area contributed by atoms with Gasteiger partial charge in [-0.1, -0.05) is 41.9 Å². The van der Waals surface area contributed by atoms with Crippen molar-refractivity contribution >= 4 is 34.7 Å². The highest BCUT2D eigenvalue weighted by molar-refractivity contribution is 6.30. The Morgan fingerprint density at radius 1 is 1.08 bits per heavy atom. The van der Waals surface area contributed by atoms with Crippen molar-refractivity contribution in [2.45, 2.75) is 12.8 Å². The van der Waals surface area contributed by atoms with E-state index in [1.165, 1.54) is 11.3 Å². The molecule has 26 heavy (non-hydrogen) atoms. The molecule has 0 saturated carbocycles. The van der Waals surface area contributed by atoms with Crippen LogP contribution in [0.2, 0.25) is 5.02 Å². The Bertz CT molecular complexity index is 923. The summed E-state index contributed by atoms with van der Waals surface area (Å²) in [6.07, 6.45) is 3.13. The number of nitrogens with zero attached hydrogens (tertiary/aromatic N) is 2. The van der Waals surface area contributed by atoms with Crippen LogP contribution in [-0.4, -0.2) is 17.4 Å². The second kappa shape index (κ2) is 7.18. The maximum absolute atomic E-state index is 12.2. The molecule has 0 atom stereocenters. The van der Waals surface area contributed by atoms with Gasteiger partial charge in [0.05, 0.1) is 18.3 Å². The maximum atomic E-state index is 12.2. The second-order valence-electron chi connectivity index (χ2n) is 6.28. The van der Waals surface area contributed by atoms with Gasteiger partial charge >= 0.3 is 0 Å². The van der Waals surface area contributed by atoms with Gasteiger partial charge in [-0.05, 0) is 47.9 Å². The minimum atomic E-state index is -0.0981. The molecule has 4 rings (SSSR count). The lowest BCUT2D eigenvalue weighted by molar-refractivity contribution is -0.115. The minimum Gasteiger partial charge on any atom is -0.340 e. The standard InChI is InChI=1S/C21H18ClN3O/c22-17-7-5-15(6-8-17)13-21(26)24-20-10-9-18(14-23-20)25-12-11-16-3-1-2-4-19(16)25/h1-10,14H,11-13H2,(H,23,24,26). The summed E-state index contributed by atoms with van der Waals surface area (Å²) >= 11 is 5.86. The van der Waals surface area contributed by atoms with Crippen LogP contribution in [-0.2, 0) is 17.6 Å². The van der Waals surface area contributed by atoms with Crippen molar-refractivity contribution in [1.29, 1.82) is 0 Å². The molecule has 0 spiro atoms. The van der Waals surface area contributed by atoms with Crippen LogP contribution < -0.4 is 10.2 Å². The van der Waals surface area contributed by atoms with Crippen LogP contribution in [0.4, 0.5) is 17.2 Å². The molecule has 0 radical (unpaired) electrons. The average molecular weight is 364 g/mol. The molecule has 0 aliphatic carbocycles. The van der Waals surface area contributed by atoms with E-state index in [1.807, 2.05) is 24.3 Å².